The van der Waals surface area contributed by atoms with Crippen LogP contribution in [-0.4, -0.2) is 22.3 Å². The highest BCUT2D eigenvalue weighted by molar-refractivity contribution is 8.01. The zero-order chi connectivity index (χ0) is 14.8. The molecule has 0 aliphatic rings. The summed E-state index contributed by atoms with van der Waals surface area (Å²) in [4.78, 5) is 17.4. The topological polar surface area (TPSA) is 39.2 Å². The monoisotopic (exact) mass is 289 g/mol. The van der Waals surface area contributed by atoms with Crippen molar-refractivity contribution in [1.29, 1.82) is 0 Å². The van der Waals surface area contributed by atoms with Crippen LogP contribution in [-0.2, 0) is 9.53 Å². The molecule has 4 heteroatoms. The van der Waals surface area contributed by atoms with Gasteiger partial charge in [-0.2, -0.15) is 0 Å². The minimum atomic E-state index is -0.617. The number of benzene rings is 1. The lowest BCUT2D eigenvalue weighted by molar-refractivity contribution is -0.145. The number of rotatable bonds is 4. The number of fused-ring (bicyclic) bond motifs is 1. The van der Waals surface area contributed by atoms with Crippen molar-refractivity contribution in [3.05, 3.63) is 36.0 Å². The fourth-order valence-corrected chi connectivity index (χ4v) is 3.04. The first-order valence-corrected chi connectivity index (χ1v) is 7.47. The molecule has 0 saturated carbocycles. The van der Waals surface area contributed by atoms with Crippen molar-refractivity contribution >= 4 is 28.6 Å². The molecule has 0 fully saturated rings. The van der Waals surface area contributed by atoms with E-state index in [0.717, 1.165) is 15.8 Å². The third kappa shape index (κ3) is 3.12. The molecule has 0 aliphatic carbocycles. The van der Waals surface area contributed by atoms with Crippen molar-refractivity contribution in [3.8, 4) is 0 Å². The number of aryl methyl sites for hydroxylation is 1. The Hall–Kier alpha value is -1.55. The summed E-state index contributed by atoms with van der Waals surface area (Å²) >= 11 is 1.52. The summed E-state index contributed by atoms with van der Waals surface area (Å²) in [5.41, 5.74) is 2.13. The summed E-state index contributed by atoms with van der Waals surface area (Å²) < 4.78 is 4.52. The lowest BCUT2D eigenvalue weighted by Crippen LogP contribution is -2.29. The fourth-order valence-electron chi connectivity index (χ4n) is 1.95. The molecule has 2 rings (SSSR count). The van der Waals surface area contributed by atoms with Crippen molar-refractivity contribution in [2.24, 2.45) is 0 Å². The summed E-state index contributed by atoms with van der Waals surface area (Å²) in [7, 11) is 0. The predicted octanol–water partition coefficient (Wildman–Crippen LogP) is 3.98. The average Bonchev–Trinajstić information content (AvgIpc) is 2.39. The Balaban J connectivity index is 2.38. The van der Waals surface area contributed by atoms with Crippen LogP contribution < -0.4 is 0 Å². The second-order valence-electron chi connectivity index (χ2n) is 5.16. The van der Waals surface area contributed by atoms with Gasteiger partial charge in [0, 0.05) is 16.5 Å². The molecule has 0 aliphatic heterocycles. The number of aromatic nitrogens is 1. The zero-order valence-corrected chi connectivity index (χ0v) is 13.1. The molecular formula is C16H19NO2S. The molecule has 0 saturated heterocycles. The Bertz CT molecular complexity index is 637. The number of hydrogen-bond acceptors (Lipinski definition) is 4. The van der Waals surface area contributed by atoms with Gasteiger partial charge < -0.3 is 4.74 Å². The van der Waals surface area contributed by atoms with Gasteiger partial charge in [-0.05, 0) is 45.9 Å². The molecule has 0 radical (unpaired) electrons. The van der Waals surface area contributed by atoms with Crippen LogP contribution >= 0.6 is 11.8 Å². The standard InChI is InChI=1S/C16H19NO2S/c1-5-19-15(18)16(3,4)20-14-8-9-17-13-7-6-11(2)10-12(13)14/h6-10H,5H2,1-4H3. The van der Waals surface area contributed by atoms with Crippen molar-refractivity contribution in [1.82, 2.24) is 4.98 Å². The van der Waals surface area contributed by atoms with Gasteiger partial charge in [0.2, 0.25) is 0 Å². The Kier molecular flexibility index (Phi) is 4.33. The van der Waals surface area contributed by atoms with E-state index in [1.807, 2.05) is 39.0 Å². The van der Waals surface area contributed by atoms with Gasteiger partial charge in [0.25, 0.3) is 0 Å². The largest absolute Gasteiger partial charge is 0.465 e. The van der Waals surface area contributed by atoms with Crippen LogP contribution in [0, 0.1) is 6.92 Å². The van der Waals surface area contributed by atoms with Gasteiger partial charge >= 0.3 is 5.97 Å². The van der Waals surface area contributed by atoms with Gasteiger partial charge in [-0.15, -0.1) is 11.8 Å². The van der Waals surface area contributed by atoms with E-state index in [-0.39, 0.29) is 5.97 Å². The SMILES string of the molecule is CCOC(=O)C(C)(C)Sc1ccnc2ccc(C)cc12. The minimum absolute atomic E-state index is 0.192. The quantitative estimate of drug-likeness (QED) is 0.630. The molecule has 0 spiro atoms. The summed E-state index contributed by atoms with van der Waals surface area (Å²) in [6.07, 6.45) is 1.78. The lowest BCUT2D eigenvalue weighted by atomic mass is 10.1. The van der Waals surface area contributed by atoms with E-state index >= 15 is 0 Å². The zero-order valence-electron chi connectivity index (χ0n) is 12.3. The van der Waals surface area contributed by atoms with E-state index in [9.17, 15) is 4.79 Å². The van der Waals surface area contributed by atoms with E-state index in [1.54, 1.807) is 6.20 Å². The Morgan fingerprint density at radius 1 is 1.35 bits per heavy atom. The molecule has 0 N–H and O–H groups in total. The molecule has 3 nitrogen and oxygen atoms in total. The third-order valence-electron chi connectivity index (χ3n) is 2.99. The molecule has 106 valence electrons. The van der Waals surface area contributed by atoms with Gasteiger partial charge in [0.05, 0.1) is 12.1 Å². The number of thioether (sulfide) groups is 1. The van der Waals surface area contributed by atoms with Gasteiger partial charge in [-0.1, -0.05) is 11.6 Å². The fraction of sp³-hybridized carbons (Fsp3) is 0.375. The van der Waals surface area contributed by atoms with Crippen molar-refractivity contribution in [3.63, 3.8) is 0 Å². The number of esters is 1. The number of ether oxygens (including phenoxy) is 1. The lowest BCUT2D eigenvalue weighted by Gasteiger charge is -2.22. The van der Waals surface area contributed by atoms with E-state index in [4.69, 9.17) is 4.74 Å². The maximum atomic E-state index is 12.0. The molecule has 2 aromatic rings. The maximum absolute atomic E-state index is 12.0. The highest BCUT2D eigenvalue weighted by Gasteiger charge is 2.31. The molecule has 1 aromatic heterocycles. The van der Waals surface area contributed by atoms with Gasteiger partial charge in [0.1, 0.15) is 4.75 Å². The summed E-state index contributed by atoms with van der Waals surface area (Å²) in [6, 6.07) is 8.10. The van der Waals surface area contributed by atoms with Crippen LogP contribution in [0.2, 0.25) is 0 Å². The Morgan fingerprint density at radius 3 is 2.80 bits per heavy atom. The van der Waals surface area contributed by atoms with Crippen molar-refractivity contribution in [2.45, 2.75) is 37.3 Å². The van der Waals surface area contributed by atoms with Crippen LogP contribution in [0.15, 0.2) is 35.4 Å². The maximum Gasteiger partial charge on any atom is 0.321 e. The predicted molar refractivity (Wildman–Crippen MR) is 83.0 cm³/mol. The van der Waals surface area contributed by atoms with E-state index < -0.39 is 4.75 Å². The number of nitrogens with zero attached hydrogens (tertiary/aromatic N) is 1. The summed E-state index contributed by atoms with van der Waals surface area (Å²) in [5, 5.41) is 1.08. The van der Waals surface area contributed by atoms with E-state index in [2.05, 4.69) is 18.0 Å². The third-order valence-corrected chi connectivity index (χ3v) is 4.24. The molecule has 20 heavy (non-hydrogen) atoms. The normalized spacial score (nSPS) is 11.6. The Labute approximate surface area is 123 Å². The van der Waals surface area contributed by atoms with Crippen molar-refractivity contribution in [2.75, 3.05) is 6.61 Å². The summed E-state index contributed by atoms with van der Waals surface area (Å²) in [6.45, 7) is 8.05. The van der Waals surface area contributed by atoms with Crippen LogP contribution in [0.5, 0.6) is 0 Å². The highest BCUT2D eigenvalue weighted by atomic mass is 32.2. The minimum Gasteiger partial charge on any atom is -0.465 e. The van der Waals surface area contributed by atoms with Crippen LogP contribution in [0.4, 0.5) is 0 Å². The van der Waals surface area contributed by atoms with Crippen molar-refractivity contribution < 1.29 is 9.53 Å². The Morgan fingerprint density at radius 2 is 2.10 bits per heavy atom. The second kappa shape index (κ2) is 5.83. The number of hydrogen-bond donors (Lipinski definition) is 0. The second-order valence-corrected chi connectivity index (χ2v) is 6.83. The first-order valence-electron chi connectivity index (χ1n) is 6.65. The van der Waals surface area contributed by atoms with Crippen LogP contribution in [0.25, 0.3) is 10.9 Å². The number of carbonyl (C=O) groups is 1. The first-order chi connectivity index (χ1) is 9.44. The molecular weight excluding hydrogens is 270 g/mol. The van der Waals surface area contributed by atoms with Gasteiger partial charge in [0.15, 0.2) is 0 Å². The summed E-state index contributed by atoms with van der Waals surface area (Å²) in [5.74, 6) is -0.192. The molecule has 0 bridgehead atoms. The van der Waals surface area contributed by atoms with Crippen LogP contribution in [0.3, 0.4) is 0 Å². The molecule has 1 aromatic carbocycles. The van der Waals surface area contributed by atoms with Crippen LogP contribution in [0.1, 0.15) is 26.3 Å². The molecule has 1 heterocycles. The van der Waals surface area contributed by atoms with E-state index in [0.29, 0.717) is 6.61 Å². The van der Waals surface area contributed by atoms with E-state index in [1.165, 1.54) is 17.3 Å². The highest BCUT2D eigenvalue weighted by Crippen LogP contribution is 2.37. The number of carbonyl (C=O) groups excluding carboxylic acids is 1. The molecule has 0 amide bonds. The average molecular weight is 289 g/mol. The number of pyridine rings is 1. The van der Waals surface area contributed by atoms with Gasteiger partial charge in [-0.25, -0.2) is 0 Å². The van der Waals surface area contributed by atoms with Gasteiger partial charge in [-0.3, -0.25) is 9.78 Å². The smallest absolute Gasteiger partial charge is 0.321 e. The molecule has 0 atom stereocenters. The molecule has 0 unspecified atom stereocenters. The first kappa shape index (κ1) is 14.9.